The number of methoxy groups -OCH3 is 1. The van der Waals surface area contributed by atoms with Crippen LogP contribution in [0.3, 0.4) is 0 Å². The van der Waals surface area contributed by atoms with Crippen molar-refractivity contribution in [2.45, 2.75) is 13.0 Å². The van der Waals surface area contributed by atoms with Crippen molar-refractivity contribution in [1.82, 2.24) is 4.98 Å². The van der Waals surface area contributed by atoms with E-state index >= 15 is 0 Å². The summed E-state index contributed by atoms with van der Waals surface area (Å²) in [5.41, 5.74) is 6.87. The molecule has 0 amide bonds. The molecule has 1 heterocycles. The van der Waals surface area contributed by atoms with Crippen molar-refractivity contribution in [3.8, 4) is 16.3 Å². The maximum Gasteiger partial charge on any atom is 0.123 e. The van der Waals surface area contributed by atoms with E-state index in [0.29, 0.717) is 0 Å². The predicted molar refractivity (Wildman–Crippen MR) is 66.7 cm³/mol. The van der Waals surface area contributed by atoms with Crippen molar-refractivity contribution in [2.24, 2.45) is 5.73 Å². The van der Waals surface area contributed by atoms with E-state index in [2.05, 4.69) is 4.98 Å². The van der Waals surface area contributed by atoms with Gasteiger partial charge in [-0.1, -0.05) is 12.1 Å². The van der Waals surface area contributed by atoms with E-state index in [1.54, 1.807) is 18.4 Å². The summed E-state index contributed by atoms with van der Waals surface area (Å²) in [5.74, 6) is 0.843. The molecule has 0 fully saturated rings. The zero-order valence-electron chi connectivity index (χ0n) is 9.31. The number of rotatable bonds is 3. The zero-order chi connectivity index (χ0) is 11.5. The zero-order valence-corrected chi connectivity index (χ0v) is 10.1. The van der Waals surface area contributed by atoms with E-state index in [1.165, 1.54) is 0 Å². The first-order valence-corrected chi connectivity index (χ1v) is 5.88. The number of hydrogen-bond acceptors (Lipinski definition) is 4. The van der Waals surface area contributed by atoms with Gasteiger partial charge in [-0.15, -0.1) is 11.3 Å². The van der Waals surface area contributed by atoms with Crippen LogP contribution in [-0.2, 0) is 0 Å². The number of nitrogens with zero attached hydrogens (tertiary/aromatic N) is 1. The molecule has 1 aromatic carbocycles. The Hall–Kier alpha value is -1.39. The molecule has 3 nitrogen and oxygen atoms in total. The fourth-order valence-corrected chi connectivity index (χ4v) is 2.25. The maximum atomic E-state index is 5.81. The third-order valence-electron chi connectivity index (χ3n) is 2.29. The summed E-state index contributed by atoms with van der Waals surface area (Å²) >= 11 is 1.62. The molecule has 1 unspecified atom stereocenters. The molecule has 2 N–H and O–H groups in total. The van der Waals surface area contributed by atoms with Crippen LogP contribution in [0.2, 0.25) is 0 Å². The Bertz CT molecular complexity index is 479. The third kappa shape index (κ3) is 2.23. The average Bonchev–Trinajstić information content (AvgIpc) is 2.78. The summed E-state index contributed by atoms with van der Waals surface area (Å²) in [4.78, 5) is 5.46. The van der Waals surface area contributed by atoms with E-state index < -0.39 is 0 Å². The molecule has 0 radical (unpaired) electrons. The second kappa shape index (κ2) is 4.63. The lowest BCUT2D eigenvalue weighted by molar-refractivity contribution is 0.415. The first-order valence-electron chi connectivity index (χ1n) is 5.06. The van der Waals surface area contributed by atoms with Crippen LogP contribution in [0.15, 0.2) is 30.5 Å². The minimum absolute atomic E-state index is 0.0388. The maximum absolute atomic E-state index is 5.81. The van der Waals surface area contributed by atoms with Crippen molar-refractivity contribution in [3.63, 3.8) is 0 Å². The molecule has 0 saturated carbocycles. The highest BCUT2D eigenvalue weighted by Gasteiger charge is 2.08. The lowest BCUT2D eigenvalue weighted by atomic mass is 10.2. The highest BCUT2D eigenvalue weighted by molar-refractivity contribution is 7.15. The van der Waals surface area contributed by atoms with Gasteiger partial charge in [-0.3, -0.25) is 0 Å². The van der Waals surface area contributed by atoms with E-state index in [1.807, 2.05) is 37.4 Å². The van der Waals surface area contributed by atoms with E-state index in [0.717, 1.165) is 21.2 Å². The summed E-state index contributed by atoms with van der Waals surface area (Å²) in [6.45, 7) is 1.96. The molecule has 4 heteroatoms. The van der Waals surface area contributed by atoms with Gasteiger partial charge in [0.05, 0.1) is 7.11 Å². The van der Waals surface area contributed by atoms with Crippen molar-refractivity contribution >= 4 is 11.3 Å². The molecule has 0 spiro atoms. The third-order valence-corrected chi connectivity index (χ3v) is 3.54. The summed E-state index contributed by atoms with van der Waals surface area (Å²) in [6, 6.07) is 7.91. The smallest absolute Gasteiger partial charge is 0.123 e. The van der Waals surface area contributed by atoms with Gasteiger partial charge in [0.15, 0.2) is 0 Å². The Morgan fingerprint density at radius 2 is 2.25 bits per heavy atom. The molecule has 84 valence electrons. The normalized spacial score (nSPS) is 12.4. The number of thiazole rings is 1. The van der Waals surface area contributed by atoms with Crippen molar-refractivity contribution in [1.29, 1.82) is 0 Å². The van der Waals surface area contributed by atoms with Gasteiger partial charge in [-0.2, -0.15) is 0 Å². The highest BCUT2D eigenvalue weighted by Crippen LogP contribution is 2.29. The average molecular weight is 234 g/mol. The van der Waals surface area contributed by atoms with Gasteiger partial charge in [0.25, 0.3) is 0 Å². The molecular weight excluding hydrogens is 220 g/mol. The van der Waals surface area contributed by atoms with E-state index in [-0.39, 0.29) is 6.04 Å². The second-order valence-corrected chi connectivity index (χ2v) is 4.65. The topological polar surface area (TPSA) is 48.1 Å². The van der Waals surface area contributed by atoms with Crippen LogP contribution < -0.4 is 10.5 Å². The number of aromatic nitrogens is 1. The lowest BCUT2D eigenvalue weighted by Crippen LogP contribution is -2.01. The Kier molecular flexibility index (Phi) is 3.22. The molecule has 0 aliphatic heterocycles. The predicted octanol–water partition coefficient (Wildman–Crippen LogP) is 2.84. The molecule has 0 aliphatic carbocycles. The van der Waals surface area contributed by atoms with Crippen LogP contribution in [0.4, 0.5) is 0 Å². The molecule has 2 rings (SSSR count). The molecule has 16 heavy (non-hydrogen) atoms. The van der Waals surface area contributed by atoms with E-state index in [4.69, 9.17) is 10.5 Å². The van der Waals surface area contributed by atoms with Gasteiger partial charge in [0.1, 0.15) is 10.8 Å². The fraction of sp³-hybridized carbons (Fsp3) is 0.250. The molecular formula is C12H14N2OS. The summed E-state index contributed by atoms with van der Waals surface area (Å²) in [5, 5.41) is 0.978. The first kappa shape index (κ1) is 11.1. The SMILES string of the molecule is COc1cccc(-c2ncc(C(C)N)s2)c1. The van der Waals surface area contributed by atoms with Gasteiger partial charge in [-0.05, 0) is 19.1 Å². The first-order chi connectivity index (χ1) is 7.70. The van der Waals surface area contributed by atoms with Crippen molar-refractivity contribution < 1.29 is 4.74 Å². The summed E-state index contributed by atoms with van der Waals surface area (Å²) in [7, 11) is 1.66. The monoisotopic (exact) mass is 234 g/mol. The minimum atomic E-state index is 0.0388. The summed E-state index contributed by atoms with van der Waals surface area (Å²) in [6.07, 6.45) is 1.84. The number of hydrogen-bond donors (Lipinski definition) is 1. The molecule has 0 saturated heterocycles. The molecule has 1 aromatic heterocycles. The van der Waals surface area contributed by atoms with Crippen LogP contribution in [0.5, 0.6) is 5.75 Å². The Morgan fingerprint density at radius 3 is 2.88 bits per heavy atom. The van der Waals surface area contributed by atoms with Crippen LogP contribution in [0.25, 0.3) is 10.6 Å². The van der Waals surface area contributed by atoms with Gasteiger partial charge in [0, 0.05) is 22.7 Å². The quantitative estimate of drug-likeness (QED) is 0.888. The van der Waals surface area contributed by atoms with Crippen LogP contribution in [0.1, 0.15) is 17.8 Å². The molecule has 1 atom stereocenters. The van der Waals surface area contributed by atoms with Crippen LogP contribution >= 0.6 is 11.3 Å². The largest absolute Gasteiger partial charge is 0.497 e. The van der Waals surface area contributed by atoms with Gasteiger partial charge in [-0.25, -0.2) is 4.98 Å². The van der Waals surface area contributed by atoms with Crippen molar-refractivity contribution in [3.05, 3.63) is 35.3 Å². The van der Waals surface area contributed by atoms with Crippen molar-refractivity contribution in [2.75, 3.05) is 7.11 Å². The summed E-state index contributed by atoms with van der Waals surface area (Å²) < 4.78 is 5.18. The van der Waals surface area contributed by atoms with Gasteiger partial charge >= 0.3 is 0 Å². The number of benzene rings is 1. The van der Waals surface area contributed by atoms with Gasteiger partial charge in [0.2, 0.25) is 0 Å². The Balaban J connectivity index is 2.34. The van der Waals surface area contributed by atoms with E-state index in [9.17, 15) is 0 Å². The van der Waals surface area contributed by atoms with Crippen LogP contribution in [-0.4, -0.2) is 12.1 Å². The number of nitrogens with two attached hydrogens (primary N) is 1. The molecule has 2 aromatic rings. The number of ether oxygens (including phenoxy) is 1. The molecule has 0 bridgehead atoms. The van der Waals surface area contributed by atoms with Crippen LogP contribution in [0, 0.1) is 0 Å². The lowest BCUT2D eigenvalue weighted by Gasteiger charge is -2.01. The van der Waals surface area contributed by atoms with Gasteiger partial charge < -0.3 is 10.5 Å². The minimum Gasteiger partial charge on any atom is -0.497 e. The molecule has 0 aliphatic rings. The highest BCUT2D eigenvalue weighted by atomic mass is 32.1. The second-order valence-electron chi connectivity index (χ2n) is 3.59. The Labute approximate surface area is 98.9 Å². The fourth-order valence-electron chi connectivity index (χ4n) is 1.39. The Morgan fingerprint density at radius 1 is 1.44 bits per heavy atom. The standard InChI is InChI=1S/C12H14N2OS/c1-8(13)11-7-14-12(16-11)9-4-3-5-10(6-9)15-2/h3-8H,13H2,1-2H3.